The molecule has 36 heavy (non-hydrogen) atoms. The van der Waals surface area contributed by atoms with E-state index in [9.17, 15) is 9.59 Å². The van der Waals surface area contributed by atoms with Gasteiger partial charge in [0.05, 0.1) is 32.2 Å². The molecule has 0 aliphatic rings. The molecule has 0 radical (unpaired) electrons. The molecule has 0 unspecified atom stereocenters. The Morgan fingerprint density at radius 1 is 0.917 bits per heavy atom. The van der Waals surface area contributed by atoms with Crippen LogP contribution < -0.4 is 19.8 Å². The van der Waals surface area contributed by atoms with E-state index in [0.717, 1.165) is 11.1 Å². The number of aromatic nitrogens is 2. The second-order valence-electron chi connectivity index (χ2n) is 8.18. The van der Waals surface area contributed by atoms with Gasteiger partial charge >= 0.3 is 0 Å². The van der Waals surface area contributed by atoms with Crippen LogP contribution in [0.5, 0.6) is 17.2 Å². The summed E-state index contributed by atoms with van der Waals surface area (Å²) < 4.78 is 18.0. The highest BCUT2D eigenvalue weighted by atomic mass is 32.2. The Bertz CT molecular complexity index is 1460. The molecular formula is C28H28N2O5S. The van der Waals surface area contributed by atoms with Gasteiger partial charge < -0.3 is 14.2 Å². The van der Waals surface area contributed by atoms with Crippen molar-refractivity contribution in [3.8, 4) is 17.2 Å². The van der Waals surface area contributed by atoms with Gasteiger partial charge in [0.2, 0.25) is 0 Å². The van der Waals surface area contributed by atoms with Crippen LogP contribution in [0, 0.1) is 0 Å². The normalized spacial score (nSPS) is 10.9. The SMILES string of the molecule is COc1ccc(C(C)=O)cc1CSc1nc2ccccc2c(=O)n1CCc1ccc(OC)c(OC)c1. The molecule has 0 atom stereocenters. The number of hydrogen-bond donors (Lipinski definition) is 0. The second kappa shape index (κ2) is 11.3. The van der Waals surface area contributed by atoms with Crippen molar-refractivity contribution in [2.45, 2.75) is 30.8 Å². The van der Waals surface area contributed by atoms with Gasteiger partial charge in [-0.05, 0) is 61.4 Å². The van der Waals surface area contributed by atoms with Gasteiger partial charge in [-0.2, -0.15) is 0 Å². The first-order valence-corrected chi connectivity index (χ1v) is 12.4. The topological polar surface area (TPSA) is 79.7 Å². The summed E-state index contributed by atoms with van der Waals surface area (Å²) in [6, 6.07) is 18.5. The first kappa shape index (κ1) is 25.3. The Balaban J connectivity index is 1.67. The zero-order chi connectivity index (χ0) is 25.7. The van der Waals surface area contributed by atoms with Crippen LogP contribution in [0.1, 0.15) is 28.4 Å². The number of para-hydroxylation sites is 1. The van der Waals surface area contributed by atoms with E-state index in [0.29, 0.717) is 57.6 Å². The molecule has 0 spiro atoms. The van der Waals surface area contributed by atoms with Crippen LogP contribution in [0.4, 0.5) is 0 Å². The number of fused-ring (bicyclic) bond motifs is 1. The average Bonchev–Trinajstić information content (AvgIpc) is 2.91. The lowest BCUT2D eigenvalue weighted by molar-refractivity contribution is 0.101. The van der Waals surface area contributed by atoms with Gasteiger partial charge in [0.25, 0.3) is 5.56 Å². The van der Waals surface area contributed by atoms with Crippen molar-refractivity contribution in [3.05, 3.63) is 87.7 Å². The second-order valence-corrected chi connectivity index (χ2v) is 9.12. The number of benzene rings is 3. The summed E-state index contributed by atoms with van der Waals surface area (Å²) in [7, 11) is 4.80. The molecule has 3 aromatic carbocycles. The van der Waals surface area contributed by atoms with Crippen LogP contribution in [0.3, 0.4) is 0 Å². The number of carbonyl (C=O) groups excluding carboxylic acids is 1. The fourth-order valence-corrected chi connectivity index (χ4v) is 4.99. The number of hydrogen-bond acceptors (Lipinski definition) is 7. The van der Waals surface area contributed by atoms with Crippen LogP contribution in [-0.2, 0) is 18.7 Å². The third kappa shape index (κ3) is 5.39. The summed E-state index contributed by atoms with van der Waals surface area (Å²) >= 11 is 1.44. The van der Waals surface area contributed by atoms with Crippen molar-refractivity contribution < 1.29 is 19.0 Å². The van der Waals surface area contributed by atoms with Gasteiger partial charge in [-0.15, -0.1) is 0 Å². The number of carbonyl (C=O) groups is 1. The third-order valence-electron chi connectivity index (χ3n) is 5.94. The number of ketones is 1. The molecular weight excluding hydrogens is 476 g/mol. The van der Waals surface area contributed by atoms with E-state index in [2.05, 4.69) is 0 Å². The highest BCUT2D eigenvalue weighted by Crippen LogP contribution is 2.30. The van der Waals surface area contributed by atoms with Crippen molar-refractivity contribution in [1.29, 1.82) is 0 Å². The van der Waals surface area contributed by atoms with Crippen molar-refractivity contribution >= 4 is 28.4 Å². The summed E-state index contributed by atoms with van der Waals surface area (Å²) in [5.41, 5.74) is 3.05. The van der Waals surface area contributed by atoms with Crippen LogP contribution in [0.25, 0.3) is 10.9 Å². The fourth-order valence-electron chi connectivity index (χ4n) is 3.98. The smallest absolute Gasteiger partial charge is 0.262 e. The highest BCUT2D eigenvalue weighted by molar-refractivity contribution is 7.98. The van der Waals surface area contributed by atoms with E-state index >= 15 is 0 Å². The van der Waals surface area contributed by atoms with E-state index in [1.165, 1.54) is 18.7 Å². The number of rotatable bonds is 10. The highest BCUT2D eigenvalue weighted by Gasteiger charge is 2.15. The largest absolute Gasteiger partial charge is 0.496 e. The van der Waals surface area contributed by atoms with Crippen LogP contribution >= 0.6 is 11.8 Å². The molecule has 7 nitrogen and oxygen atoms in total. The number of methoxy groups -OCH3 is 3. The molecule has 4 rings (SSSR count). The van der Waals surface area contributed by atoms with Gasteiger partial charge in [-0.3, -0.25) is 14.2 Å². The van der Waals surface area contributed by atoms with E-state index in [1.54, 1.807) is 44.1 Å². The number of aryl methyl sites for hydroxylation is 1. The predicted molar refractivity (Wildman–Crippen MR) is 142 cm³/mol. The van der Waals surface area contributed by atoms with E-state index in [4.69, 9.17) is 19.2 Å². The zero-order valence-electron chi connectivity index (χ0n) is 20.7. The van der Waals surface area contributed by atoms with Crippen LogP contribution in [-0.4, -0.2) is 36.7 Å². The molecule has 8 heteroatoms. The van der Waals surface area contributed by atoms with Crippen LogP contribution in [0.2, 0.25) is 0 Å². The average molecular weight is 505 g/mol. The molecule has 0 aliphatic heterocycles. The lowest BCUT2D eigenvalue weighted by Gasteiger charge is -2.15. The minimum atomic E-state index is -0.0898. The first-order chi connectivity index (χ1) is 17.4. The van der Waals surface area contributed by atoms with Gasteiger partial charge in [0, 0.05) is 23.4 Å². The van der Waals surface area contributed by atoms with Crippen molar-refractivity contribution in [2.75, 3.05) is 21.3 Å². The van der Waals surface area contributed by atoms with Crippen molar-refractivity contribution in [3.63, 3.8) is 0 Å². The Morgan fingerprint density at radius 3 is 2.36 bits per heavy atom. The molecule has 186 valence electrons. The summed E-state index contributed by atoms with van der Waals surface area (Å²) in [5, 5.41) is 1.18. The Morgan fingerprint density at radius 2 is 1.64 bits per heavy atom. The summed E-state index contributed by atoms with van der Waals surface area (Å²) in [5.74, 6) is 2.47. The van der Waals surface area contributed by atoms with E-state index in [1.807, 2.05) is 42.5 Å². The molecule has 0 fully saturated rings. The maximum Gasteiger partial charge on any atom is 0.262 e. The summed E-state index contributed by atoms with van der Waals surface area (Å²) in [6.07, 6.45) is 0.608. The van der Waals surface area contributed by atoms with Gasteiger partial charge in [-0.1, -0.05) is 30.0 Å². The summed E-state index contributed by atoms with van der Waals surface area (Å²) in [6.45, 7) is 1.98. The van der Waals surface area contributed by atoms with E-state index < -0.39 is 0 Å². The summed E-state index contributed by atoms with van der Waals surface area (Å²) in [4.78, 5) is 30.2. The molecule has 1 heterocycles. The zero-order valence-corrected chi connectivity index (χ0v) is 21.6. The van der Waals surface area contributed by atoms with Gasteiger partial charge in [-0.25, -0.2) is 4.98 Å². The van der Waals surface area contributed by atoms with Crippen molar-refractivity contribution in [2.24, 2.45) is 0 Å². The lowest BCUT2D eigenvalue weighted by atomic mass is 10.1. The Hall–Kier alpha value is -3.78. The van der Waals surface area contributed by atoms with Crippen LogP contribution in [0.15, 0.2) is 70.6 Å². The maximum absolute atomic E-state index is 13.5. The number of ether oxygens (including phenoxy) is 3. The molecule has 0 N–H and O–H groups in total. The molecule has 1 aromatic heterocycles. The number of thioether (sulfide) groups is 1. The van der Waals surface area contributed by atoms with E-state index in [-0.39, 0.29) is 11.3 Å². The minimum Gasteiger partial charge on any atom is -0.496 e. The lowest BCUT2D eigenvalue weighted by Crippen LogP contribution is -2.24. The molecule has 0 saturated carbocycles. The third-order valence-corrected chi connectivity index (χ3v) is 6.97. The molecule has 0 aliphatic carbocycles. The van der Waals surface area contributed by atoms with Gasteiger partial charge in [0.15, 0.2) is 22.4 Å². The molecule has 0 bridgehead atoms. The van der Waals surface area contributed by atoms with Crippen molar-refractivity contribution in [1.82, 2.24) is 9.55 Å². The Labute approximate surface area is 214 Å². The molecule has 4 aromatic rings. The standard InChI is InChI=1S/C28H28N2O5S/c1-18(31)20-10-12-24(33-2)21(16-20)17-36-28-29-23-8-6-5-7-22(23)27(32)30(28)14-13-19-9-11-25(34-3)26(15-19)35-4/h5-12,15-16H,13-14,17H2,1-4H3. The number of Topliss-reactive ketones (excluding diaryl/α,β-unsaturated/α-hetero) is 1. The predicted octanol–water partition coefficient (Wildman–Crippen LogP) is 5.16. The molecule has 0 amide bonds. The first-order valence-electron chi connectivity index (χ1n) is 11.5. The monoisotopic (exact) mass is 504 g/mol. The molecule has 0 saturated heterocycles. The quantitative estimate of drug-likeness (QED) is 0.168. The minimum absolute atomic E-state index is 0.0143. The fraction of sp³-hybridized carbons (Fsp3) is 0.250. The number of nitrogens with zero attached hydrogens (tertiary/aromatic N) is 2. The van der Waals surface area contributed by atoms with Gasteiger partial charge in [0.1, 0.15) is 5.75 Å². The maximum atomic E-state index is 13.5. The Kier molecular flexibility index (Phi) is 7.95.